The lowest BCUT2D eigenvalue weighted by molar-refractivity contribution is -0.123. The Bertz CT molecular complexity index is 407. The standard InChI is InChI=1S/C14H21ClN2O/c1-9(2)7-13(16)14(18)17-10(3)11-5-4-6-12(15)8-11/h4-6,8-10,13H,7,16H2,1-3H3,(H,17,18)/t10-,13?/m1/s1. The van der Waals surface area contributed by atoms with Crippen molar-refractivity contribution in [1.29, 1.82) is 0 Å². The maximum atomic E-state index is 11.9. The Morgan fingerprint density at radius 3 is 2.61 bits per heavy atom. The molecule has 1 aromatic rings. The third-order valence-electron chi connectivity index (χ3n) is 2.77. The third-order valence-corrected chi connectivity index (χ3v) is 3.00. The van der Waals surface area contributed by atoms with E-state index in [4.69, 9.17) is 17.3 Å². The SMILES string of the molecule is CC(C)CC(N)C(=O)N[C@H](C)c1cccc(Cl)c1. The lowest BCUT2D eigenvalue weighted by Crippen LogP contribution is -2.42. The fourth-order valence-corrected chi connectivity index (χ4v) is 1.99. The summed E-state index contributed by atoms with van der Waals surface area (Å²) in [6, 6.07) is 6.92. The monoisotopic (exact) mass is 268 g/mol. The lowest BCUT2D eigenvalue weighted by Gasteiger charge is -2.19. The second-order valence-electron chi connectivity index (χ2n) is 5.02. The van der Waals surface area contributed by atoms with Crippen molar-refractivity contribution in [3.05, 3.63) is 34.9 Å². The Morgan fingerprint density at radius 1 is 1.39 bits per heavy atom. The predicted molar refractivity (Wildman–Crippen MR) is 75.4 cm³/mol. The summed E-state index contributed by atoms with van der Waals surface area (Å²) in [5.41, 5.74) is 6.82. The van der Waals surface area contributed by atoms with Gasteiger partial charge in [0.15, 0.2) is 0 Å². The van der Waals surface area contributed by atoms with E-state index < -0.39 is 6.04 Å². The second-order valence-corrected chi connectivity index (χ2v) is 5.46. The van der Waals surface area contributed by atoms with E-state index in [1.807, 2.05) is 45.0 Å². The van der Waals surface area contributed by atoms with Gasteiger partial charge in [0.1, 0.15) is 0 Å². The number of hydrogen-bond donors (Lipinski definition) is 2. The molecular weight excluding hydrogens is 248 g/mol. The van der Waals surface area contributed by atoms with Crippen molar-refractivity contribution in [2.45, 2.75) is 39.3 Å². The van der Waals surface area contributed by atoms with Crippen molar-refractivity contribution < 1.29 is 4.79 Å². The highest BCUT2D eigenvalue weighted by atomic mass is 35.5. The van der Waals surface area contributed by atoms with Gasteiger partial charge in [0, 0.05) is 5.02 Å². The number of nitrogens with two attached hydrogens (primary N) is 1. The highest BCUT2D eigenvalue weighted by Gasteiger charge is 2.17. The second kappa shape index (κ2) is 6.76. The first-order chi connectivity index (χ1) is 8.40. The van der Waals surface area contributed by atoms with Gasteiger partial charge in [-0.05, 0) is 37.0 Å². The number of nitrogens with one attached hydrogen (secondary N) is 1. The molecule has 0 aliphatic heterocycles. The number of benzene rings is 1. The molecule has 0 aliphatic carbocycles. The van der Waals surface area contributed by atoms with Crippen LogP contribution in [-0.4, -0.2) is 11.9 Å². The van der Waals surface area contributed by atoms with Gasteiger partial charge in [-0.25, -0.2) is 0 Å². The van der Waals surface area contributed by atoms with Crippen LogP contribution in [0.1, 0.15) is 38.8 Å². The van der Waals surface area contributed by atoms with Gasteiger partial charge in [-0.1, -0.05) is 37.6 Å². The topological polar surface area (TPSA) is 55.1 Å². The Hall–Kier alpha value is -1.06. The van der Waals surface area contributed by atoms with Crippen molar-refractivity contribution in [2.24, 2.45) is 11.7 Å². The van der Waals surface area contributed by atoms with E-state index in [1.54, 1.807) is 0 Å². The first-order valence-corrected chi connectivity index (χ1v) is 6.59. The zero-order chi connectivity index (χ0) is 13.7. The molecule has 18 heavy (non-hydrogen) atoms. The van der Waals surface area contributed by atoms with Crippen LogP contribution >= 0.6 is 11.6 Å². The van der Waals surface area contributed by atoms with Crippen LogP contribution in [0.5, 0.6) is 0 Å². The summed E-state index contributed by atoms with van der Waals surface area (Å²) in [7, 11) is 0. The van der Waals surface area contributed by atoms with Crippen LogP contribution in [0.3, 0.4) is 0 Å². The van der Waals surface area contributed by atoms with E-state index in [-0.39, 0.29) is 11.9 Å². The Balaban J connectivity index is 2.59. The summed E-state index contributed by atoms with van der Waals surface area (Å²) < 4.78 is 0. The van der Waals surface area contributed by atoms with E-state index in [9.17, 15) is 4.79 Å². The Labute approximate surface area is 114 Å². The van der Waals surface area contributed by atoms with E-state index in [0.717, 1.165) is 5.56 Å². The van der Waals surface area contributed by atoms with Crippen molar-refractivity contribution in [2.75, 3.05) is 0 Å². The van der Waals surface area contributed by atoms with Gasteiger partial charge in [-0.3, -0.25) is 4.79 Å². The summed E-state index contributed by atoms with van der Waals surface area (Å²) in [5.74, 6) is 0.295. The van der Waals surface area contributed by atoms with E-state index in [0.29, 0.717) is 17.4 Å². The van der Waals surface area contributed by atoms with Crippen LogP contribution in [0, 0.1) is 5.92 Å². The van der Waals surface area contributed by atoms with Crippen molar-refractivity contribution in [3.63, 3.8) is 0 Å². The van der Waals surface area contributed by atoms with Crippen LogP contribution in [0.25, 0.3) is 0 Å². The van der Waals surface area contributed by atoms with E-state index >= 15 is 0 Å². The Morgan fingerprint density at radius 2 is 2.06 bits per heavy atom. The number of rotatable bonds is 5. The van der Waals surface area contributed by atoms with Crippen molar-refractivity contribution in [1.82, 2.24) is 5.32 Å². The van der Waals surface area contributed by atoms with Gasteiger partial charge in [-0.2, -0.15) is 0 Å². The molecule has 100 valence electrons. The normalized spacial score (nSPS) is 14.3. The summed E-state index contributed by atoms with van der Waals surface area (Å²) >= 11 is 5.92. The van der Waals surface area contributed by atoms with Crippen LogP contribution in [-0.2, 0) is 4.79 Å². The molecule has 0 fully saturated rings. The molecule has 0 aliphatic rings. The zero-order valence-electron chi connectivity index (χ0n) is 11.1. The quantitative estimate of drug-likeness (QED) is 0.863. The minimum absolute atomic E-state index is 0.0885. The molecule has 0 bridgehead atoms. The maximum absolute atomic E-state index is 11.9. The number of carbonyl (C=O) groups excluding carboxylic acids is 1. The largest absolute Gasteiger partial charge is 0.348 e. The number of carbonyl (C=O) groups is 1. The zero-order valence-corrected chi connectivity index (χ0v) is 11.9. The van der Waals surface area contributed by atoms with Crippen LogP contribution in [0.15, 0.2) is 24.3 Å². The average Bonchev–Trinajstić information content (AvgIpc) is 2.27. The van der Waals surface area contributed by atoms with Gasteiger partial charge < -0.3 is 11.1 Å². The van der Waals surface area contributed by atoms with Gasteiger partial charge in [0.25, 0.3) is 0 Å². The number of amides is 1. The first kappa shape index (κ1) is 15.0. The molecule has 1 unspecified atom stereocenters. The molecule has 4 heteroatoms. The Kier molecular flexibility index (Phi) is 5.63. The molecule has 0 spiro atoms. The molecule has 0 heterocycles. The van der Waals surface area contributed by atoms with E-state index in [2.05, 4.69) is 5.32 Å². The first-order valence-electron chi connectivity index (χ1n) is 6.21. The molecule has 1 amide bonds. The van der Waals surface area contributed by atoms with Crippen LogP contribution in [0.4, 0.5) is 0 Å². The van der Waals surface area contributed by atoms with Crippen LogP contribution in [0.2, 0.25) is 5.02 Å². The molecule has 3 N–H and O–H groups in total. The predicted octanol–water partition coefficient (Wildman–Crippen LogP) is 2.89. The fraction of sp³-hybridized carbons (Fsp3) is 0.500. The average molecular weight is 269 g/mol. The van der Waals surface area contributed by atoms with Gasteiger partial charge in [0.05, 0.1) is 12.1 Å². The molecule has 3 nitrogen and oxygen atoms in total. The summed E-state index contributed by atoms with van der Waals surface area (Å²) in [4.78, 5) is 11.9. The third kappa shape index (κ3) is 4.67. The minimum atomic E-state index is -0.452. The van der Waals surface area contributed by atoms with Crippen LogP contribution < -0.4 is 11.1 Å². The molecule has 0 saturated heterocycles. The summed E-state index contributed by atoms with van der Waals surface area (Å²) in [5, 5.41) is 3.57. The summed E-state index contributed by atoms with van der Waals surface area (Å²) in [6.07, 6.45) is 0.689. The summed E-state index contributed by atoms with van der Waals surface area (Å²) in [6.45, 7) is 6.02. The van der Waals surface area contributed by atoms with Gasteiger partial charge in [0.2, 0.25) is 5.91 Å². The van der Waals surface area contributed by atoms with Gasteiger partial charge >= 0.3 is 0 Å². The molecule has 0 radical (unpaired) electrons. The molecule has 0 aromatic heterocycles. The highest BCUT2D eigenvalue weighted by Crippen LogP contribution is 2.17. The molecular formula is C14H21ClN2O. The maximum Gasteiger partial charge on any atom is 0.237 e. The molecule has 1 rings (SSSR count). The van der Waals surface area contributed by atoms with Crippen molar-refractivity contribution >= 4 is 17.5 Å². The van der Waals surface area contributed by atoms with Gasteiger partial charge in [-0.15, -0.1) is 0 Å². The number of hydrogen-bond acceptors (Lipinski definition) is 2. The minimum Gasteiger partial charge on any atom is -0.348 e. The molecule has 2 atom stereocenters. The van der Waals surface area contributed by atoms with E-state index in [1.165, 1.54) is 0 Å². The lowest BCUT2D eigenvalue weighted by atomic mass is 10.0. The molecule has 0 saturated carbocycles. The smallest absolute Gasteiger partial charge is 0.237 e. The molecule has 1 aromatic carbocycles. The number of halogens is 1. The fourth-order valence-electron chi connectivity index (χ4n) is 1.79. The van der Waals surface area contributed by atoms with Crippen molar-refractivity contribution in [3.8, 4) is 0 Å². The highest BCUT2D eigenvalue weighted by molar-refractivity contribution is 6.30.